The molecule has 86 valence electrons. The summed E-state index contributed by atoms with van der Waals surface area (Å²) in [4.78, 5) is 4.36. The van der Waals surface area contributed by atoms with Gasteiger partial charge in [-0.05, 0) is 12.1 Å². The third kappa shape index (κ3) is 1.57. The van der Waals surface area contributed by atoms with Crippen LogP contribution in [0.25, 0.3) is 20.8 Å². The summed E-state index contributed by atoms with van der Waals surface area (Å²) in [6.45, 7) is 0. The molecule has 0 atom stereocenters. The number of aromatic nitrogens is 3. The molecule has 0 unspecified atom stereocenters. The number of thiazole rings is 1. The fourth-order valence-electron chi connectivity index (χ4n) is 1.63. The minimum atomic E-state index is -0.284. The topological polar surface area (TPSA) is 56.7 Å². The van der Waals surface area contributed by atoms with Gasteiger partial charge in [-0.15, -0.1) is 11.3 Å². The highest BCUT2D eigenvalue weighted by atomic mass is 32.1. The zero-order valence-electron chi connectivity index (χ0n) is 9.01. The van der Waals surface area contributed by atoms with E-state index in [-0.39, 0.29) is 5.82 Å². The van der Waals surface area contributed by atoms with Crippen LogP contribution >= 0.6 is 11.3 Å². The van der Waals surface area contributed by atoms with E-state index in [4.69, 9.17) is 5.73 Å². The second kappa shape index (κ2) is 3.53. The van der Waals surface area contributed by atoms with Gasteiger partial charge in [-0.25, -0.2) is 9.37 Å². The van der Waals surface area contributed by atoms with Crippen molar-refractivity contribution >= 4 is 27.4 Å². The van der Waals surface area contributed by atoms with Crippen molar-refractivity contribution in [1.29, 1.82) is 0 Å². The van der Waals surface area contributed by atoms with Gasteiger partial charge in [0.05, 0.1) is 22.0 Å². The Labute approximate surface area is 101 Å². The second-order valence-corrected chi connectivity index (χ2v) is 4.73. The summed E-state index contributed by atoms with van der Waals surface area (Å²) in [6.07, 6.45) is 1.67. The fourth-order valence-corrected chi connectivity index (χ4v) is 2.59. The predicted octanol–water partition coefficient (Wildman–Crippen LogP) is 2.42. The van der Waals surface area contributed by atoms with E-state index in [1.54, 1.807) is 24.0 Å². The number of nitrogen functional groups attached to an aromatic ring is 1. The van der Waals surface area contributed by atoms with Crippen LogP contribution in [0.15, 0.2) is 24.4 Å². The van der Waals surface area contributed by atoms with E-state index in [0.29, 0.717) is 11.3 Å². The van der Waals surface area contributed by atoms with Gasteiger partial charge in [-0.3, -0.25) is 4.68 Å². The van der Waals surface area contributed by atoms with Crippen molar-refractivity contribution < 1.29 is 4.39 Å². The first kappa shape index (κ1) is 10.2. The van der Waals surface area contributed by atoms with Crippen molar-refractivity contribution in [2.45, 2.75) is 0 Å². The Kier molecular flexibility index (Phi) is 2.12. The number of halogens is 1. The Bertz CT molecular complexity index is 701. The maximum Gasteiger partial charge on any atom is 0.131 e. The number of aryl methyl sites for hydroxylation is 1. The van der Waals surface area contributed by atoms with Gasteiger partial charge in [-0.2, -0.15) is 5.10 Å². The molecule has 17 heavy (non-hydrogen) atoms. The summed E-state index contributed by atoms with van der Waals surface area (Å²) in [5.74, 6) is 0.276. The number of rotatable bonds is 1. The zero-order valence-corrected chi connectivity index (χ0v) is 9.83. The number of nitrogens with zero attached hydrogens (tertiary/aromatic N) is 3. The molecule has 0 amide bonds. The molecule has 2 heterocycles. The Morgan fingerprint density at radius 2 is 2.24 bits per heavy atom. The average Bonchev–Trinajstić information content (AvgIpc) is 2.83. The molecule has 3 rings (SSSR count). The van der Waals surface area contributed by atoms with Gasteiger partial charge in [-0.1, -0.05) is 0 Å². The van der Waals surface area contributed by atoms with Gasteiger partial charge >= 0.3 is 0 Å². The highest BCUT2D eigenvalue weighted by molar-refractivity contribution is 7.21. The lowest BCUT2D eigenvalue weighted by Gasteiger charge is -1.94. The minimum Gasteiger partial charge on any atom is -0.383 e. The maximum atomic E-state index is 13.1. The van der Waals surface area contributed by atoms with E-state index >= 15 is 0 Å². The Hall–Kier alpha value is -1.95. The molecule has 6 heteroatoms. The summed E-state index contributed by atoms with van der Waals surface area (Å²) in [6, 6.07) is 4.57. The molecule has 4 nitrogen and oxygen atoms in total. The molecular weight excluding hydrogens is 239 g/mol. The number of benzene rings is 1. The lowest BCUT2D eigenvalue weighted by atomic mass is 10.3. The zero-order chi connectivity index (χ0) is 12.0. The van der Waals surface area contributed by atoms with Crippen LogP contribution in [0, 0.1) is 5.82 Å². The van der Waals surface area contributed by atoms with Gasteiger partial charge in [0.15, 0.2) is 0 Å². The van der Waals surface area contributed by atoms with Crippen LogP contribution in [0.4, 0.5) is 10.2 Å². The molecule has 0 saturated heterocycles. The normalized spacial score (nSPS) is 11.2. The molecule has 0 aliphatic rings. The predicted molar refractivity (Wildman–Crippen MR) is 66.2 cm³/mol. The monoisotopic (exact) mass is 248 g/mol. The SMILES string of the molecule is Cn1ncc(-c2nc3cc(F)ccc3s2)c1N. The number of nitrogens with two attached hydrogens (primary N) is 1. The van der Waals surface area contributed by atoms with E-state index < -0.39 is 0 Å². The molecule has 0 spiro atoms. The minimum absolute atomic E-state index is 0.284. The van der Waals surface area contributed by atoms with E-state index in [9.17, 15) is 4.39 Å². The standard InChI is InChI=1S/C11H9FN4S/c1-16-10(13)7(5-14-16)11-15-8-4-6(12)2-3-9(8)17-11/h2-5H,13H2,1H3. The molecule has 0 saturated carbocycles. The molecule has 2 N–H and O–H groups in total. The summed E-state index contributed by atoms with van der Waals surface area (Å²) in [5, 5.41) is 4.82. The maximum absolute atomic E-state index is 13.1. The third-order valence-electron chi connectivity index (χ3n) is 2.56. The number of anilines is 1. The van der Waals surface area contributed by atoms with Crippen molar-refractivity contribution in [2.75, 3.05) is 5.73 Å². The van der Waals surface area contributed by atoms with E-state index in [1.165, 1.54) is 23.5 Å². The Balaban J connectivity index is 2.21. The van der Waals surface area contributed by atoms with Crippen LogP contribution in [-0.4, -0.2) is 14.8 Å². The van der Waals surface area contributed by atoms with Crippen molar-refractivity contribution in [3.8, 4) is 10.6 Å². The van der Waals surface area contributed by atoms with Crippen LogP contribution in [0.3, 0.4) is 0 Å². The smallest absolute Gasteiger partial charge is 0.131 e. The fraction of sp³-hybridized carbons (Fsp3) is 0.0909. The molecule has 0 aliphatic heterocycles. The second-order valence-electron chi connectivity index (χ2n) is 3.70. The van der Waals surface area contributed by atoms with Crippen LogP contribution < -0.4 is 5.73 Å². The largest absolute Gasteiger partial charge is 0.383 e. The molecule has 0 radical (unpaired) electrons. The van der Waals surface area contributed by atoms with Crippen LogP contribution in [0.1, 0.15) is 0 Å². The first-order valence-corrected chi connectivity index (χ1v) is 5.81. The highest BCUT2D eigenvalue weighted by Crippen LogP contribution is 2.33. The van der Waals surface area contributed by atoms with Crippen molar-refractivity contribution in [2.24, 2.45) is 7.05 Å². The summed E-state index contributed by atoms with van der Waals surface area (Å²) in [5.41, 5.74) is 7.31. The molecular formula is C11H9FN4S. The quantitative estimate of drug-likeness (QED) is 0.719. The van der Waals surface area contributed by atoms with Gasteiger partial charge in [0.25, 0.3) is 0 Å². The lowest BCUT2D eigenvalue weighted by Crippen LogP contribution is -1.97. The third-order valence-corrected chi connectivity index (χ3v) is 3.63. The van der Waals surface area contributed by atoms with Crippen LogP contribution in [0.2, 0.25) is 0 Å². The van der Waals surface area contributed by atoms with Gasteiger partial charge < -0.3 is 5.73 Å². The van der Waals surface area contributed by atoms with Gasteiger partial charge in [0, 0.05) is 13.1 Å². The van der Waals surface area contributed by atoms with Crippen LogP contribution in [0.5, 0.6) is 0 Å². The molecule has 0 aliphatic carbocycles. The highest BCUT2D eigenvalue weighted by Gasteiger charge is 2.12. The molecule has 2 aromatic heterocycles. The van der Waals surface area contributed by atoms with Crippen LogP contribution in [-0.2, 0) is 7.05 Å². The number of fused-ring (bicyclic) bond motifs is 1. The van der Waals surface area contributed by atoms with Gasteiger partial charge in [0.1, 0.15) is 16.6 Å². The Morgan fingerprint density at radius 1 is 1.41 bits per heavy atom. The Morgan fingerprint density at radius 3 is 2.94 bits per heavy atom. The average molecular weight is 248 g/mol. The molecule has 3 aromatic rings. The molecule has 0 fully saturated rings. The summed E-state index contributed by atoms with van der Waals surface area (Å²) >= 11 is 1.48. The van der Waals surface area contributed by atoms with Crippen molar-refractivity contribution in [3.63, 3.8) is 0 Å². The number of hydrogen-bond donors (Lipinski definition) is 1. The summed E-state index contributed by atoms with van der Waals surface area (Å²) < 4.78 is 15.6. The first-order valence-electron chi connectivity index (χ1n) is 4.99. The van der Waals surface area contributed by atoms with E-state index in [0.717, 1.165) is 15.3 Å². The molecule has 1 aromatic carbocycles. The van der Waals surface area contributed by atoms with E-state index in [2.05, 4.69) is 10.1 Å². The molecule has 0 bridgehead atoms. The van der Waals surface area contributed by atoms with Crippen molar-refractivity contribution in [3.05, 3.63) is 30.2 Å². The van der Waals surface area contributed by atoms with Gasteiger partial charge in [0.2, 0.25) is 0 Å². The number of hydrogen-bond acceptors (Lipinski definition) is 4. The summed E-state index contributed by atoms with van der Waals surface area (Å²) in [7, 11) is 1.77. The lowest BCUT2D eigenvalue weighted by molar-refractivity contribution is 0.629. The first-order chi connectivity index (χ1) is 8.15. The van der Waals surface area contributed by atoms with Crippen molar-refractivity contribution in [1.82, 2.24) is 14.8 Å². The van der Waals surface area contributed by atoms with E-state index in [1.807, 2.05) is 0 Å².